The van der Waals surface area contributed by atoms with Gasteiger partial charge in [0.05, 0.1) is 0 Å². The summed E-state index contributed by atoms with van der Waals surface area (Å²) in [5.74, 6) is 0.655. The van der Waals surface area contributed by atoms with Gasteiger partial charge in [0.25, 0.3) is 5.91 Å². The van der Waals surface area contributed by atoms with Gasteiger partial charge in [0.2, 0.25) is 5.88 Å². The zero-order valence-corrected chi connectivity index (χ0v) is 11.2. The van der Waals surface area contributed by atoms with Crippen LogP contribution >= 0.6 is 0 Å². The number of nitriles is 1. The summed E-state index contributed by atoms with van der Waals surface area (Å²) in [6.45, 7) is 4.16. The maximum absolute atomic E-state index is 12.3. The lowest BCUT2D eigenvalue weighted by Crippen LogP contribution is -2.27. The van der Waals surface area contributed by atoms with Gasteiger partial charge in [0, 0.05) is 26.0 Å². The van der Waals surface area contributed by atoms with E-state index in [-0.39, 0.29) is 11.5 Å². The molecule has 5 heteroatoms. The lowest BCUT2D eigenvalue weighted by Gasteiger charge is -2.13. The highest BCUT2D eigenvalue weighted by Gasteiger charge is 2.25. The summed E-state index contributed by atoms with van der Waals surface area (Å²) in [4.78, 5) is 13.8. The Kier molecular flexibility index (Phi) is 3.43. The number of furan rings is 1. The molecule has 0 aliphatic rings. The standard InChI is InChI=1S/C14H15N3O2/c1-4-16(3)13(18)12-10(2)19-14(11(12)9-15)17-7-5-6-8-17/h5-8H,4H2,1-3H3. The molecule has 0 saturated heterocycles. The third-order valence-electron chi connectivity index (χ3n) is 3.05. The second-order valence-corrected chi connectivity index (χ2v) is 4.23. The molecule has 2 rings (SSSR count). The van der Waals surface area contributed by atoms with E-state index in [4.69, 9.17) is 4.42 Å². The van der Waals surface area contributed by atoms with Gasteiger partial charge >= 0.3 is 0 Å². The molecule has 0 bridgehead atoms. The van der Waals surface area contributed by atoms with Crippen molar-refractivity contribution in [1.29, 1.82) is 5.26 Å². The van der Waals surface area contributed by atoms with Gasteiger partial charge in [0.1, 0.15) is 23.0 Å². The number of rotatable bonds is 3. The Morgan fingerprint density at radius 2 is 2.11 bits per heavy atom. The molecule has 1 amide bonds. The molecule has 2 aromatic heterocycles. The fraction of sp³-hybridized carbons (Fsp3) is 0.286. The van der Waals surface area contributed by atoms with Crippen LogP contribution in [0.4, 0.5) is 0 Å². The van der Waals surface area contributed by atoms with Crippen LogP contribution in [0.1, 0.15) is 28.6 Å². The first-order valence-corrected chi connectivity index (χ1v) is 6.02. The van der Waals surface area contributed by atoms with Crippen molar-refractivity contribution in [2.24, 2.45) is 0 Å². The predicted octanol–water partition coefficient (Wildman–Crippen LogP) is 2.34. The summed E-state index contributed by atoms with van der Waals surface area (Å²) in [5.41, 5.74) is 0.620. The number of aryl methyl sites for hydroxylation is 1. The predicted molar refractivity (Wildman–Crippen MR) is 70.1 cm³/mol. The molecule has 0 aromatic carbocycles. The zero-order valence-electron chi connectivity index (χ0n) is 11.2. The van der Waals surface area contributed by atoms with Crippen LogP contribution in [0.25, 0.3) is 5.88 Å². The van der Waals surface area contributed by atoms with Crippen molar-refractivity contribution in [2.45, 2.75) is 13.8 Å². The van der Waals surface area contributed by atoms with E-state index in [0.29, 0.717) is 23.8 Å². The fourth-order valence-electron chi connectivity index (χ4n) is 1.88. The second kappa shape index (κ2) is 5.02. The summed E-state index contributed by atoms with van der Waals surface area (Å²) in [6.07, 6.45) is 3.55. The number of hydrogen-bond donors (Lipinski definition) is 0. The lowest BCUT2D eigenvalue weighted by atomic mass is 10.1. The average Bonchev–Trinajstić information content (AvgIpc) is 3.03. The summed E-state index contributed by atoms with van der Waals surface area (Å²) in [6, 6.07) is 5.74. The minimum Gasteiger partial charge on any atom is -0.443 e. The Morgan fingerprint density at radius 1 is 1.47 bits per heavy atom. The molecule has 0 atom stereocenters. The van der Waals surface area contributed by atoms with Crippen LogP contribution in [-0.4, -0.2) is 29.0 Å². The van der Waals surface area contributed by atoms with Crippen molar-refractivity contribution >= 4 is 5.91 Å². The van der Waals surface area contributed by atoms with Gasteiger partial charge < -0.3 is 9.32 Å². The van der Waals surface area contributed by atoms with E-state index in [2.05, 4.69) is 6.07 Å². The minimum absolute atomic E-state index is 0.196. The normalized spacial score (nSPS) is 10.2. The zero-order chi connectivity index (χ0) is 14.0. The molecule has 0 fully saturated rings. The Morgan fingerprint density at radius 3 is 2.63 bits per heavy atom. The highest BCUT2D eigenvalue weighted by atomic mass is 16.4. The molecule has 0 unspecified atom stereocenters. The van der Waals surface area contributed by atoms with E-state index in [1.165, 1.54) is 0 Å². The summed E-state index contributed by atoms with van der Waals surface area (Å²) in [5, 5.41) is 9.32. The van der Waals surface area contributed by atoms with Gasteiger partial charge in [-0.15, -0.1) is 0 Å². The summed E-state index contributed by atoms with van der Waals surface area (Å²) in [7, 11) is 1.70. The first-order valence-electron chi connectivity index (χ1n) is 6.02. The van der Waals surface area contributed by atoms with Gasteiger partial charge in [-0.3, -0.25) is 9.36 Å². The van der Waals surface area contributed by atoms with Crippen molar-refractivity contribution < 1.29 is 9.21 Å². The van der Waals surface area contributed by atoms with Gasteiger partial charge in [-0.05, 0) is 26.0 Å². The third kappa shape index (κ3) is 2.13. The lowest BCUT2D eigenvalue weighted by molar-refractivity contribution is 0.0800. The van der Waals surface area contributed by atoms with Crippen LogP contribution in [-0.2, 0) is 0 Å². The molecule has 0 aliphatic carbocycles. The number of carbonyl (C=O) groups excluding carboxylic acids is 1. The first-order chi connectivity index (χ1) is 9.10. The van der Waals surface area contributed by atoms with Gasteiger partial charge in [0.15, 0.2) is 0 Å². The SMILES string of the molecule is CCN(C)C(=O)c1c(C)oc(-n2cccc2)c1C#N. The smallest absolute Gasteiger partial charge is 0.258 e. The quantitative estimate of drug-likeness (QED) is 0.847. The maximum atomic E-state index is 12.3. The molecule has 0 radical (unpaired) electrons. The maximum Gasteiger partial charge on any atom is 0.258 e. The Hall–Kier alpha value is -2.48. The number of nitrogens with zero attached hydrogens (tertiary/aromatic N) is 3. The van der Waals surface area contributed by atoms with Crippen molar-refractivity contribution in [3.8, 4) is 12.0 Å². The minimum atomic E-state index is -0.196. The monoisotopic (exact) mass is 257 g/mol. The second-order valence-electron chi connectivity index (χ2n) is 4.23. The van der Waals surface area contributed by atoms with Crippen LogP contribution in [0.15, 0.2) is 28.9 Å². The van der Waals surface area contributed by atoms with Gasteiger partial charge in [-0.2, -0.15) is 5.26 Å². The summed E-state index contributed by atoms with van der Waals surface area (Å²) >= 11 is 0. The van der Waals surface area contributed by atoms with E-state index in [1.54, 1.807) is 35.8 Å². The molecular formula is C14H15N3O2. The van der Waals surface area contributed by atoms with Crippen molar-refractivity contribution in [1.82, 2.24) is 9.47 Å². The molecule has 2 aromatic rings. The van der Waals surface area contributed by atoms with Crippen LogP contribution in [0.2, 0.25) is 0 Å². The van der Waals surface area contributed by atoms with Crippen LogP contribution in [0.3, 0.4) is 0 Å². The number of carbonyl (C=O) groups is 1. The average molecular weight is 257 g/mol. The number of hydrogen-bond acceptors (Lipinski definition) is 3. The van der Waals surface area contributed by atoms with E-state index >= 15 is 0 Å². The highest BCUT2D eigenvalue weighted by Crippen LogP contribution is 2.26. The van der Waals surface area contributed by atoms with E-state index < -0.39 is 0 Å². The van der Waals surface area contributed by atoms with E-state index in [0.717, 1.165) is 0 Å². The van der Waals surface area contributed by atoms with E-state index in [9.17, 15) is 10.1 Å². The van der Waals surface area contributed by atoms with Crippen LogP contribution in [0, 0.1) is 18.3 Å². The molecule has 19 heavy (non-hydrogen) atoms. The summed E-state index contributed by atoms with van der Waals surface area (Å²) < 4.78 is 7.28. The molecular weight excluding hydrogens is 242 g/mol. The Balaban J connectivity index is 2.58. The highest BCUT2D eigenvalue weighted by molar-refractivity contribution is 5.98. The number of amides is 1. The van der Waals surface area contributed by atoms with Crippen molar-refractivity contribution in [3.63, 3.8) is 0 Å². The van der Waals surface area contributed by atoms with Crippen LogP contribution < -0.4 is 0 Å². The molecule has 98 valence electrons. The first kappa shape index (κ1) is 13.0. The Labute approximate surface area is 111 Å². The number of aromatic nitrogens is 1. The van der Waals surface area contributed by atoms with Gasteiger partial charge in [-0.25, -0.2) is 0 Å². The topological polar surface area (TPSA) is 62.2 Å². The van der Waals surface area contributed by atoms with Gasteiger partial charge in [-0.1, -0.05) is 0 Å². The van der Waals surface area contributed by atoms with Crippen molar-refractivity contribution in [2.75, 3.05) is 13.6 Å². The Bertz CT molecular complexity index is 632. The third-order valence-corrected chi connectivity index (χ3v) is 3.05. The van der Waals surface area contributed by atoms with Crippen LogP contribution in [0.5, 0.6) is 0 Å². The van der Waals surface area contributed by atoms with Crippen molar-refractivity contribution in [3.05, 3.63) is 41.4 Å². The molecule has 5 nitrogen and oxygen atoms in total. The molecule has 2 heterocycles. The molecule has 0 N–H and O–H groups in total. The fourth-order valence-corrected chi connectivity index (χ4v) is 1.88. The molecule has 0 aliphatic heterocycles. The van der Waals surface area contributed by atoms with E-state index in [1.807, 2.05) is 19.1 Å². The molecule has 0 spiro atoms. The molecule has 0 saturated carbocycles. The largest absolute Gasteiger partial charge is 0.443 e.